The molecule has 0 spiro atoms. The number of rotatable bonds is 6. The van der Waals surface area contributed by atoms with E-state index >= 15 is 0 Å². The van der Waals surface area contributed by atoms with E-state index in [0.717, 1.165) is 40.5 Å². The molecule has 0 aliphatic carbocycles. The number of carbonyl (C=O) groups is 2. The number of hydrogen-bond donors (Lipinski definition) is 1. The van der Waals surface area contributed by atoms with Crippen LogP contribution in [0.2, 0.25) is 0 Å². The monoisotopic (exact) mass is 535 g/mol. The van der Waals surface area contributed by atoms with Crippen LogP contribution in [-0.4, -0.2) is 34.9 Å². The molecule has 6 nitrogen and oxygen atoms in total. The van der Waals surface area contributed by atoms with Crippen molar-refractivity contribution in [1.82, 2.24) is 4.98 Å². The number of Topliss-reactive ketones (excluding diaryl/α,β-unsaturated/α-hetero) is 1. The van der Waals surface area contributed by atoms with Crippen molar-refractivity contribution >= 4 is 34.4 Å². The van der Waals surface area contributed by atoms with E-state index in [-0.39, 0.29) is 11.4 Å². The summed E-state index contributed by atoms with van der Waals surface area (Å²) in [6.07, 6.45) is 2.35. The molecule has 196 valence electrons. The highest BCUT2D eigenvalue weighted by atomic mass is 32.1. The smallest absolute Gasteiger partial charge is 0.294 e. The molecule has 1 unspecified atom stereocenters. The van der Waals surface area contributed by atoms with E-state index in [1.54, 1.807) is 11.8 Å². The van der Waals surface area contributed by atoms with E-state index in [0.29, 0.717) is 16.3 Å². The normalized spacial score (nSPS) is 17.4. The highest BCUT2D eigenvalue weighted by molar-refractivity contribution is 7.17. The topological polar surface area (TPSA) is 73.7 Å². The van der Waals surface area contributed by atoms with Crippen molar-refractivity contribution in [2.45, 2.75) is 32.7 Å². The van der Waals surface area contributed by atoms with Crippen molar-refractivity contribution in [1.29, 1.82) is 0 Å². The molecule has 4 aromatic rings. The van der Waals surface area contributed by atoms with Gasteiger partial charge in [0.1, 0.15) is 5.01 Å². The van der Waals surface area contributed by atoms with Crippen LogP contribution in [0.4, 0.5) is 11.4 Å². The third kappa shape index (κ3) is 4.53. The molecule has 1 atom stereocenters. The summed E-state index contributed by atoms with van der Waals surface area (Å²) in [4.78, 5) is 36.7. The van der Waals surface area contributed by atoms with Crippen LogP contribution in [0.25, 0.3) is 10.6 Å². The summed E-state index contributed by atoms with van der Waals surface area (Å²) in [6, 6.07) is 24.5. The summed E-state index contributed by atoms with van der Waals surface area (Å²) < 4.78 is 0. The lowest BCUT2D eigenvalue weighted by molar-refractivity contribution is -0.117. The summed E-state index contributed by atoms with van der Waals surface area (Å²) >= 11 is 1.28. The molecule has 1 N–H and O–H groups in total. The Labute approximate surface area is 231 Å². The lowest BCUT2D eigenvalue weighted by atomic mass is 9.94. The number of thiazole rings is 1. The van der Waals surface area contributed by atoms with E-state index in [9.17, 15) is 14.7 Å². The van der Waals surface area contributed by atoms with Gasteiger partial charge in [-0.05, 0) is 56.5 Å². The largest absolute Gasteiger partial charge is 0.503 e. The van der Waals surface area contributed by atoms with Gasteiger partial charge in [-0.25, -0.2) is 4.98 Å². The molecule has 7 heteroatoms. The molecule has 0 radical (unpaired) electrons. The number of aryl methyl sites for hydroxylation is 2. The zero-order valence-corrected chi connectivity index (χ0v) is 22.7. The summed E-state index contributed by atoms with van der Waals surface area (Å²) in [7, 11) is 0. The van der Waals surface area contributed by atoms with Gasteiger partial charge >= 0.3 is 0 Å². The van der Waals surface area contributed by atoms with Crippen LogP contribution in [0, 0.1) is 13.8 Å². The van der Waals surface area contributed by atoms with Gasteiger partial charge < -0.3 is 10.0 Å². The molecule has 6 rings (SSSR count). The molecule has 0 saturated carbocycles. The number of ketones is 1. The lowest BCUT2D eigenvalue weighted by Crippen LogP contribution is -2.31. The first-order chi connectivity index (χ1) is 18.9. The van der Waals surface area contributed by atoms with E-state index in [1.165, 1.54) is 24.2 Å². The van der Waals surface area contributed by atoms with Gasteiger partial charge in [0.25, 0.3) is 5.91 Å². The van der Waals surface area contributed by atoms with E-state index in [4.69, 9.17) is 0 Å². The van der Waals surface area contributed by atoms with Crippen LogP contribution in [0.3, 0.4) is 0 Å². The third-order valence-corrected chi connectivity index (χ3v) is 8.64. The predicted molar refractivity (Wildman–Crippen MR) is 156 cm³/mol. The maximum absolute atomic E-state index is 14.1. The van der Waals surface area contributed by atoms with Gasteiger partial charge in [-0.3, -0.25) is 14.5 Å². The highest BCUT2D eigenvalue weighted by Crippen LogP contribution is 2.44. The van der Waals surface area contributed by atoms with Gasteiger partial charge in [-0.15, -0.1) is 11.3 Å². The minimum absolute atomic E-state index is 0.0839. The Bertz CT molecular complexity index is 1580. The molecule has 1 saturated heterocycles. The van der Waals surface area contributed by atoms with E-state index in [1.807, 2.05) is 85.8 Å². The van der Waals surface area contributed by atoms with Crippen LogP contribution in [0.1, 0.15) is 45.4 Å². The molecule has 1 aromatic heterocycles. The van der Waals surface area contributed by atoms with Crippen molar-refractivity contribution in [2.24, 2.45) is 0 Å². The predicted octanol–water partition coefficient (Wildman–Crippen LogP) is 6.81. The SMILES string of the molecule is Cc1cccc(C2C(C(=O)c3sc(-c4ccccc4)nc3C)=C(O)C(=O)N2c2ccc(N3CCCC3)cc2)c1. The quantitative estimate of drug-likeness (QED) is 0.275. The van der Waals surface area contributed by atoms with Crippen molar-refractivity contribution in [3.8, 4) is 10.6 Å². The molecule has 2 aliphatic rings. The Kier molecular flexibility index (Phi) is 6.53. The summed E-state index contributed by atoms with van der Waals surface area (Å²) in [5.74, 6) is -1.46. The Morgan fingerprint density at radius 2 is 1.62 bits per heavy atom. The molecule has 1 fully saturated rings. The average molecular weight is 536 g/mol. The number of aliphatic hydroxyl groups excluding tert-OH is 1. The molecular formula is C32H29N3O3S. The van der Waals surface area contributed by atoms with Crippen molar-refractivity contribution in [2.75, 3.05) is 22.9 Å². The fraction of sp³-hybridized carbons (Fsp3) is 0.219. The fourth-order valence-corrected chi connectivity index (χ4v) is 6.52. The molecule has 3 heterocycles. The van der Waals surface area contributed by atoms with Gasteiger partial charge in [-0.2, -0.15) is 0 Å². The zero-order valence-electron chi connectivity index (χ0n) is 21.9. The third-order valence-electron chi connectivity index (χ3n) is 7.43. The van der Waals surface area contributed by atoms with Gasteiger partial charge in [0.15, 0.2) is 5.76 Å². The second-order valence-corrected chi connectivity index (χ2v) is 11.1. The molecule has 3 aromatic carbocycles. The second kappa shape index (κ2) is 10.2. The number of anilines is 2. The Morgan fingerprint density at radius 1 is 0.923 bits per heavy atom. The van der Waals surface area contributed by atoms with Crippen molar-refractivity contribution < 1.29 is 14.7 Å². The standard InChI is InChI=1S/C32H29N3O3S/c1-20-9-8-12-23(19-20)27-26(28(36)30-21(2)33-31(39-30)22-10-4-3-5-11-22)29(37)32(38)35(27)25-15-13-24(14-16-25)34-17-6-7-18-34/h3-5,8-16,19,27,37H,6-7,17-18H2,1-2H3. The first kappa shape index (κ1) is 25.1. The van der Waals surface area contributed by atoms with Gasteiger partial charge in [0.05, 0.1) is 22.2 Å². The number of hydrogen-bond acceptors (Lipinski definition) is 6. The number of aromatic nitrogens is 1. The summed E-state index contributed by atoms with van der Waals surface area (Å²) in [6.45, 7) is 5.81. The van der Waals surface area contributed by atoms with Crippen LogP contribution in [0.5, 0.6) is 0 Å². The maximum Gasteiger partial charge on any atom is 0.294 e. The number of amides is 1. The van der Waals surface area contributed by atoms with Crippen LogP contribution >= 0.6 is 11.3 Å². The molecule has 0 bridgehead atoms. The zero-order chi connectivity index (χ0) is 27.1. The Balaban J connectivity index is 1.42. The van der Waals surface area contributed by atoms with Crippen LogP contribution in [-0.2, 0) is 4.79 Å². The maximum atomic E-state index is 14.1. The fourth-order valence-electron chi connectivity index (χ4n) is 5.49. The summed E-state index contributed by atoms with van der Waals surface area (Å²) in [5, 5.41) is 11.9. The van der Waals surface area contributed by atoms with Gasteiger partial charge in [-0.1, -0.05) is 60.2 Å². The average Bonchev–Trinajstić information content (AvgIpc) is 3.68. The first-order valence-electron chi connectivity index (χ1n) is 13.2. The molecular weight excluding hydrogens is 506 g/mol. The minimum atomic E-state index is -0.760. The first-order valence-corrected chi connectivity index (χ1v) is 14.0. The van der Waals surface area contributed by atoms with Gasteiger partial charge in [0, 0.05) is 30.0 Å². The Morgan fingerprint density at radius 3 is 2.31 bits per heavy atom. The van der Waals surface area contributed by atoms with Crippen LogP contribution in [0.15, 0.2) is 90.2 Å². The lowest BCUT2D eigenvalue weighted by Gasteiger charge is -2.28. The molecule has 2 aliphatic heterocycles. The van der Waals surface area contributed by atoms with Crippen LogP contribution < -0.4 is 9.80 Å². The highest BCUT2D eigenvalue weighted by Gasteiger charge is 2.45. The minimum Gasteiger partial charge on any atom is -0.503 e. The number of carbonyl (C=O) groups excluding carboxylic acids is 2. The van der Waals surface area contributed by atoms with Crippen molar-refractivity contribution in [3.63, 3.8) is 0 Å². The number of aliphatic hydroxyl groups is 1. The second-order valence-electron chi connectivity index (χ2n) is 10.1. The van der Waals surface area contributed by atoms with E-state index in [2.05, 4.69) is 9.88 Å². The van der Waals surface area contributed by atoms with Crippen molar-refractivity contribution in [3.05, 3.63) is 112 Å². The van der Waals surface area contributed by atoms with E-state index < -0.39 is 17.7 Å². The molecule has 1 amide bonds. The summed E-state index contributed by atoms with van der Waals surface area (Å²) in [5.41, 5.74) is 5.09. The van der Waals surface area contributed by atoms with Gasteiger partial charge in [0.2, 0.25) is 5.78 Å². The number of benzene rings is 3. The Hall–Kier alpha value is -4.23. The number of nitrogens with zero attached hydrogens (tertiary/aromatic N) is 3. The molecule has 39 heavy (non-hydrogen) atoms.